The number of aromatic nitrogens is 4. The van der Waals surface area contributed by atoms with Crippen molar-refractivity contribution in [1.82, 2.24) is 25.3 Å². The van der Waals surface area contributed by atoms with Crippen LogP contribution in [0.3, 0.4) is 0 Å². The molecule has 2 saturated heterocycles. The summed E-state index contributed by atoms with van der Waals surface area (Å²) in [5.41, 5.74) is -1.17. The van der Waals surface area contributed by atoms with Crippen molar-refractivity contribution in [3.05, 3.63) is 30.5 Å². The van der Waals surface area contributed by atoms with Crippen molar-refractivity contribution < 1.29 is 32.9 Å². The van der Waals surface area contributed by atoms with E-state index in [1.807, 2.05) is 0 Å². The van der Waals surface area contributed by atoms with Gasteiger partial charge < -0.3 is 35.2 Å². The van der Waals surface area contributed by atoms with E-state index in [4.69, 9.17) is 9.47 Å². The molecule has 14 heteroatoms. The lowest BCUT2D eigenvalue weighted by molar-refractivity contribution is -0.150. The first-order chi connectivity index (χ1) is 15.8. The molecule has 2 aromatic heterocycles. The Labute approximate surface area is 187 Å². The summed E-state index contributed by atoms with van der Waals surface area (Å²) in [6.07, 6.45) is -3.47. The molecule has 4 rings (SSSR count). The minimum Gasteiger partial charge on any atom is -0.474 e. The third kappa shape index (κ3) is 5.76. The topological polar surface area (TPSA) is 138 Å². The largest absolute Gasteiger partial charge is 0.474 e. The van der Waals surface area contributed by atoms with E-state index in [-0.39, 0.29) is 24.9 Å². The second-order valence-electron chi connectivity index (χ2n) is 7.65. The second-order valence-corrected chi connectivity index (χ2v) is 7.65. The molecule has 0 aliphatic carbocycles. The molecule has 2 aliphatic heterocycles. The second kappa shape index (κ2) is 9.99. The molecule has 0 aromatic carbocycles. The number of ether oxygens (including phenoxy) is 2. The Balaban J connectivity index is 1.29. The highest BCUT2D eigenvalue weighted by Gasteiger charge is 2.39. The molecule has 4 atom stereocenters. The van der Waals surface area contributed by atoms with E-state index in [0.717, 1.165) is 38.2 Å². The number of hydrogen-bond acceptors (Lipinski definition) is 11. The summed E-state index contributed by atoms with van der Waals surface area (Å²) in [6, 6.07) is -0.896. The van der Waals surface area contributed by atoms with Crippen LogP contribution >= 0.6 is 0 Å². The normalized spacial score (nSPS) is 26.2. The fraction of sp³-hybridized carbons (Fsp3) is 0.579. The summed E-state index contributed by atoms with van der Waals surface area (Å²) < 4.78 is 49.5. The fourth-order valence-corrected chi connectivity index (χ4v) is 3.53. The molecule has 2 aromatic rings. The monoisotopic (exact) mass is 471 g/mol. The smallest absolute Gasteiger partial charge is 0.434 e. The van der Waals surface area contributed by atoms with E-state index in [9.17, 15) is 23.4 Å². The van der Waals surface area contributed by atoms with Crippen molar-refractivity contribution in [3.8, 4) is 5.88 Å². The third-order valence-corrected chi connectivity index (χ3v) is 5.34. The molecule has 180 valence electrons. The number of rotatable bonds is 6. The summed E-state index contributed by atoms with van der Waals surface area (Å²) in [6.45, 7) is 3.20. The van der Waals surface area contributed by atoms with Crippen molar-refractivity contribution >= 4 is 11.6 Å². The zero-order valence-electron chi connectivity index (χ0n) is 17.4. The van der Waals surface area contributed by atoms with Gasteiger partial charge in [-0.3, -0.25) is 4.98 Å². The Morgan fingerprint density at radius 1 is 1.12 bits per heavy atom. The molecule has 0 spiro atoms. The number of nitrogens with one attached hydrogen (secondary N) is 2. The lowest BCUT2D eigenvalue weighted by atomic mass is 9.98. The number of alkyl halides is 3. The van der Waals surface area contributed by atoms with Crippen molar-refractivity contribution in [2.24, 2.45) is 0 Å². The van der Waals surface area contributed by atoms with Gasteiger partial charge >= 0.3 is 6.18 Å². The van der Waals surface area contributed by atoms with Crippen LogP contribution in [0.15, 0.2) is 24.8 Å². The molecule has 4 heterocycles. The molecular weight excluding hydrogens is 447 g/mol. The van der Waals surface area contributed by atoms with E-state index < -0.39 is 36.2 Å². The molecule has 4 N–H and O–H groups in total. The molecule has 0 saturated carbocycles. The summed E-state index contributed by atoms with van der Waals surface area (Å²) in [7, 11) is 0. The van der Waals surface area contributed by atoms with Crippen molar-refractivity contribution in [2.75, 3.05) is 49.6 Å². The number of anilines is 2. The highest BCUT2D eigenvalue weighted by atomic mass is 19.4. The number of aliphatic hydroxyl groups excluding tert-OH is 2. The molecule has 1 unspecified atom stereocenters. The van der Waals surface area contributed by atoms with Crippen LogP contribution in [0.1, 0.15) is 5.69 Å². The van der Waals surface area contributed by atoms with E-state index in [1.54, 1.807) is 6.20 Å². The zero-order chi connectivity index (χ0) is 23.4. The first-order valence-corrected chi connectivity index (χ1v) is 10.4. The highest BCUT2D eigenvalue weighted by Crippen LogP contribution is 2.28. The van der Waals surface area contributed by atoms with E-state index in [0.29, 0.717) is 6.20 Å². The molecule has 0 bridgehead atoms. The predicted molar refractivity (Wildman–Crippen MR) is 109 cm³/mol. The van der Waals surface area contributed by atoms with Crippen LogP contribution in [0.25, 0.3) is 0 Å². The minimum absolute atomic E-state index is 0.0994. The third-order valence-electron chi connectivity index (χ3n) is 5.34. The van der Waals surface area contributed by atoms with Crippen LogP contribution in [0, 0.1) is 0 Å². The quantitative estimate of drug-likeness (QED) is 0.441. The Hall–Kier alpha value is -2.81. The fourth-order valence-electron chi connectivity index (χ4n) is 3.53. The van der Waals surface area contributed by atoms with Gasteiger partial charge in [0, 0.05) is 26.2 Å². The van der Waals surface area contributed by atoms with Gasteiger partial charge in [0.05, 0.1) is 37.4 Å². The summed E-state index contributed by atoms with van der Waals surface area (Å²) in [5.74, 6) is 0.776. The van der Waals surface area contributed by atoms with Gasteiger partial charge in [-0.25, -0.2) is 15.0 Å². The maximum absolute atomic E-state index is 12.8. The predicted octanol–water partition coefficient (Wildman–Crippen LogP) is -0.325. The van der Waals surface area contributed by atoms with Crippen molar-refractivity contribution in [3.63, 3.8) is 0 Å². The Morgan fingerprint density at radius 3 is 2.61 bits per heavy atom. The average molecular weight is 471 g/mol. The molecule has 0 amide bonds. The van der Waals surface area contributed by atoms with E-state index in [1.165, 1.54) is 6.20 Å². The molecule has 11 nitrogen and oxygen atoms in total. The van der Waals surface area contributed by atoms with Gasteiger partial charge in [0.2, 0.25) is 5.88 Å². The highest BCUT2D eigenvalue weighted by molar-refractivity contribution is 5.37. The van der Waals surface area contributed by atoms with Gasteiger partial charge in [0.15, 0.2) is 5.69 Å². The standard InChI is InChI=1S/C19H24F3N7O4/c20-19(21,22)13-5-24-6-14(28-13)27-11-9-32-12(18(31)17(11)30)10-33-16-8-25-15(7-26-16)29-3-1-23-2-4-29/h5-8,11-12,17-18,23,30-31H,1-4,9-10H2,(H,27,28)/t11-,12?,17+,18-/m0/s1. The van der Waals surface area contributed by atoms with Crippen LogP contribution in [0.5, 0.6) is 5.88 Å². The van der Waals surface area contributed by atoms with Gasteiger partial charge in [-0.2, -0.15) is 13.2 Å². The number of aliphatic hydroxyl groups is 2. The Morgan fingerprint density at radius 2 is 1.91 bits per heavy atom. The van der Waals surface area contributed by atoms with Crippen LogP contribution in [0.2, 0.25) is 0 Å². The number of hydrogen-bond donors (Lipinski definition) is 4. The van der Waals surface area contributed by atoms with Crippen LogP contribution < -0.4 is 20.3 Å². The van der Waals surface area contributed by atoms with Crippen LogP contribution in [-0.4, -0.2) is 93.9 Å². The Bertz CT molecular complexity index is 915. The molecule has 2 aliphatic rings. The van der Waals surface area contributed by atoms with Crippen molar-refractivity contribution in [2.45, 2.75) is 30.5 Å². The summed E-state index contributed by atoms with van der Waals surface area (Å²) >= 11 is 0. The van der Waals surface area contributed by atoms with Gasteiger partial charge in [0.1, 0.15) is 36.6 Å². The molecule has 2 fully saturated rings. The first kappa shape index (κ1) is 23.4. The van der Waals surface area contributed by atoms with Gasteiger partial charge in [-0.15, -0.1) is 0 Å². The summed E-state index contributed by atoms with van der Waals surface area (Å²) in [5, 5.41) is 26.7. The average Bonchev–Trinajstić information content (AvgIpc) is 2.82. The molecule has 33 heavy (non-hydrogen) atoms. The van der Waals surface area contributed by atoms with E-state index in [2.05, 4.69) is 35.5 Å². The van der Waals surface area contributed by atoms with Crippen LogP contribution in [0.4, 0.5) is 24.8 Å². The maximum Gasteiger partial charge on any atom is 0.434 e. The number of piperazine rings is 1. The number of nitrogens with zero attached hydrogens (tertiary/aromatic N) is 5. The van der Waals surface area contributed by atoms with E-state index >= 15 is 0 Å². The van der Waals surface area contributed by atoms with Crippen LogP contribution in [-0.2, 0) is 10.9 Å². The lowest BCUT2D eigenvalue weighted by Crippen LogP contribution is -2.57. The zero-order valence-corrected chi connectivity index (χ0v) is 17.4. The maximum atomic E-state index is 12.8. The molecular formula is C19H24F3N7O4. The lowest BCUT2D eigenvalue weighted by Gasteiger charge is -2.37. The van der Waals surface area contributed by atoms with Gasteiger partial charge in [0.25, 0.3) is 0 Å². The summed E-state index contributed by atoms with van der Waals surface area (Å²) in [4.78, 5) is 17.6. The molecule has 0 radical (unpaired) electrons. The SMILES string of the molecule is O[C@@H]1[C@@H](Nc2cncc(C(F)(F)F)n2)COC(COc2cnc(N3CCNCC3)cn2)[C@@H]1O. The Kier molecular flexibility index (Phi) is 7.07. The van der Waals surface area contributed by atoms with Gasteiger partial charge in [-0.1, -0.05) is 0 Å². The number of halogens is 3. The first-order valence-electron chi connectivity index (χ1n) is 10.4. The van der Waals surface area contributed by atoms with Crippen molar-refractivity contribution in [1.29, 1.82) is 0 Å². The minimum atomic E-state index is -4.65. The van der Waals surface area contributed by atoms with Gasteiger partial charge in [-0.05, 0) is 0 Å².